The van der Waals surface area contributed by atoms with Gasteiger partial charge in [0.1, 0.15) is 16.9 Å². The van der Waals surface area contributed by atoms with E-state index in [1.807, 2.05) is 31.3 Å². The molecule has 5 rings (SSSR count). The number of imidazole rings is 1. The third kappa shape index (κ3) is 3.50. The molecule has 1 aliphatic carbocycles. The minimum atomic E-state index is -0.247. The van der Waals surface area contributed by atoms with Gasteiger partial charge >= 0.3 is 5.97 Å². The fraction of sp³-hybridized carbons (Fsp3) is 0.400. The van der Waals surface area contributed by atoms with Crippen molar-refractivity contribution >= 4 is 33.7 Å². The molecule has 1 aromatic carbocycles. The number of esters is 1. The van der Waals surface area contributed by atoms with E-state index >= 15 is 0 Å². The molecule has 3 heterocycles. The fourth-order valence-corrected chi connectivity index (χ4v) is 4.55. The van der Waals surface area contributed by atoms with Crippen LogP contribution in [0.25, 0.3) is 27.7 Å². The molecule has 0 fully saturated rings. The Morgan fingerprint density at radius 1 is 1.13 bits per heavy atom. The summed E-state index contributed by atoms with van der Waals surface area (Å²) >= 11 is 0. The van der Waals surface area contributed by atoms with Crippen molar-refractivity contribution < 1.29 is 9.53 Å². The van der Waals surface area contributed by atoms with Gasteiger partial charge in [-0.15, -0.1) is 0 Å². The van der Waals surface area contributed by atoms with Crippen LogP contribution in [-0.4, -0.2) is 24.9 Å². The first-order valence-corrected chi connectivity index (χ1v) is 11.4. The van der Waals surface area contributed by atoms with Crippen LogP contribution >= 0.6 is 0 Å². The predicted octanol–water partition coefficient (Wildman–Crippen LogP) is 5.61. The van der Waals surface area contributed by atoms with Crippen molar-refractivity contribution in [1.29, 1.82) is 0 Å². The number of nitrogens with zero attached hydrogens (tertiary/aromatic N) is 4. The van der Waals surface area contributed by atoms with E-state index in [4.69, 9.17) is 14.7 Å². The van der Waals surface area contributed by atoms with Gasteiger partial charge in [0.15, 0.2) is 11.4 Å². The van der Waals surface area contributed by atoms with Gasteiger partial charge in [-0.05, 0) is 44.2 Å². The van der Waals surface area contributed by atoms with Crippen LogP contribution in [0.2, 0.25) is 0 Å². The van der Waals surface area contributed by atoms with Crippen LogP contribution in [0.1, 0.15) is 58.2 Å². The maximum absolute atomic E-state index is 12.2. The lowest BCUT2D eigenvalue weighted by Gasteiger charge is -2.13. The van der Waals surface area contributed by atoms with Gasteiger partial charge in [-0.2, -0.15) is 0 Å². The molecule has 4 aromatic rings. The van der Waals surface area contributed by atoms with Crippen molar-refractivity contribution in [2.45, 2.75) is 65.3 Å². The van der Waals surface area contributed by atoms with Crippen LogP contribution in [0.3, 0.4) is 0 Å². The number of hydrogen-bond acceptors (Lipinski definition) is 4. The second-order valence-electron chi connectivity index (χ2n) is 8.21. The van der Waals surface area contributed by atoms with Crippen LogP contribution in [0.15, 0.2) is 42.1 Å². The van der Waals surface area contributed by atoms with Gasteiger partial charge in [-0.1, -0.05) is 37.6 Å². The number of aromatic nitrogens is 4. The van der Waals surface area contributed by atoms with Crippen LogP contribution in [0, 0.1) is 0 Å². The standard InChI is InChI=1S/C25H28N4O2/c1-3-21-27-24-23(25-26-18-12-8-9-13-19(18)29(21)25)20(31-22(30)4-2)16-28(24)15-14-17-10-6-5-7-11-17/h8-10,12-13,16H,3-7,11,14-15H2,1-2H3. The Morgan fingerprint density at radius 2 is 2.00 bits per heavy atom. The number of carbonyl (C=O) groups excluding carboxylic acids is 1. The minimum absolute atomic E-state index is 0.247. The summed E-state index contributed by atoms with van der Waals surface area (Å²) in [5, 5.41) is 0.813. The molecular formula is C25H28N4O2. The van der Waals surface area contributed by atoms with E-state index in [0.717, 1.165) is 52.9 Å². The lowest BCUT2D eigenvalue weighted by atomic mass is 9.97. The summed E-state index contributed by atoms with van der Waals surface area (Å²) in [7, 11) is 0. The van der Waals surface area contributed by atoms with E-state index in [1.54, 1.807) is 0 Å². The first-order chi connectivity index (χ1) is 15.2. The summed E-state index contributed by atoms with van der Waals surface area (Å²) in [6.07, 6.45) is 11.4. The Labute approximate surface area is 181 Å². The van der Waals surface area contributed by atoms with E-state index in [-0.39, 0.29) is 5.97 Å². The molecule has 31 heavy (non-hydrogen) atoms. The topological polar surface area (TPSA) is 61.4 Å². The van der Waals surface area contributed by atoms with Gasteiger partial charge in [0.05, 0.1) is 11.0 Å². The van der Waals surface area contributed by atoms with E-state index in [0.29, 0.717) is 12.2 Å². The number of para-hydroxylation sites is 2. The molecule has 0 spiro atoms. The molecule has 3 aromatic heterocycles. The fourth-order valence-electron chi connectivity index (χ4n) is 4.55. The molecule has 6 nitrogen and oxygen atoms in total. The number of ether oxygens (including phenoxy) is 1. The molecule has 0 saturated heterocycles. The summed E-state index contributed by atoms with van der Waals surface area (Å²) in [4.78, 5) is 22.1. The molecule has 0 bridgehead atoms. The zero-order valence-corrected chi connectivity index (χ0v) is 18.2. The first kappa shape index (κ1) is 19.8. The van der Waals surface area contributed by atoms with Crippen molar-refractivity contribution in [3.8, 4) is 5.75 Å². The van der Waals surface area contributed by atoms with Gasteiger partial charge in [-0.3, -0.25) is 9.20 Å². The van der Waals surface area contributed by atoms with Crippen LogP contribution in [-0.2, 0) is 17.8 Å². The van der Waals surface area contributed by atoms with Crippen LogP contribution in [0.5, 0.6) is 5.75 Å². The van der Waals surface area contributed by atoms with Gasteiger partial charge in [0, 0.05) is 25.6 Å². The monoisotopic (exact) mass is 416 g/mol. The summed E-state index contributed by atoms with van der Waals surface area (Å²) in [6.45, 7) is 4.74. The van der Waals surface area contributed by atoms with Gasteiger partial charge in [-0.25, -0.2) is 9.97 Å². The van der Waals surface area contributed by atoms with Crippen LogP contribution in [0.4, 0.5) is 0 Å². The number of hydrogen-bond donors (Lipinski definition) is 0. The maximum Gasteiger partial charge on any atom is 0.310 e. The summed E-state index contributed by atoms with van der Waals surface area (Å²) in [6, 6.07) is 8.08. The normalized spacial score (nSPS) is 14.5. The van der Waals surface area contributed by atoms with Gasteiger partial charge in [0.25, 0.3) is 0 Å². The smallest absolute Gasteiger partial charge is 0.310 e. The molecule has 0 aliphatic heterocycles. The van der Waals surface area contributed by atoms with Gasteiger partial charge < -0.3 is 9.30 Å². The Bertz CT molecular complexity index is 1310. The average molecular weight is 417 g/mol. The van der Waals surface area contributed by atoms with E-state index in [1.165, 1.54) is 31.3 Å². The van der Waals surface area contributed by atoms with Gasteiger partial charge in [0.2, 0.25) is 0 Å². The molecule has 0 radical (unpaired) electrons. The van der Waals surface area contributed by atoms with E-state index in [9.17, 15) is 4.79 Å². The van der Waals surface area contributed by atoms with E-state index < -0.39 is 0 Å². The summed E-state index contributed by atoms with van der Waals surface area (Å²) in [5.41, 5.74) is 5.10. The zero-order chi connectivity index (χ0) is 21.4. The minimum Gasteiger partial charge on any atom is -0.424 e. The van der Waals surface area contributed by atoms with Crippen molar-refractivity contribution in [3.05, 3.63) is 47.9 Å². The highest BCUT2D eigenvalue weighted by Crippen LogP contribution is 2.34. The number of aryl methyl sites for hydroxylation is 2. The van der Waals surface area contributed by atoms with Crippen molar-refractivity contribution in [1.82, 2.24) is 18.9 Å². The highest BCUT2D eigenvalue weighted by Gasteiger charge is 2.22. The molecular weight excluding hydrogens is 388 g/mol. The third-order valence-electron chi connectivity index (χ3n) is 6.18. The Kier molecular flexibility index (Phi) is 5.22. The second-order valence-corrected chi connectivity index (χ2v) is 8.21. The zero-order valence-electron chi connectivity index (χ0n) is 18.2. The number of fused-ring (bicyclic) bond motifs is 5. The van der Waals surface area contributed by atoms with Crippen molar-refractivity contribution in [2.24, 2.45) is 0 Å². The average Bonchev–Trinajstić information content (AvgIpc) is 3.36. The molecule has 160 valence electrons. The Morgan fingerprint density at radius 3 is 2.77 bits per heavy atom. The number of rotatable bonds is 6. The molecule has 0 unspecified atom stereocenters. The largest absolute Gasteiger partial charge is 0.424 e. The Hall–Kier alpha value is -3.15. The van der Waals surface area contributed by atoms with Crippen molar-refractivity contribution in [3.63, 3.8) is 0 Å². The number of allylic oxidation sites excluding steroid dienone is 2. The second kappa shape index (κ2) is 8.17. The summed E-state index contributed by atoms with van der Waals surface area (Å²) in [5.74, 6) is 1.26. The molecule has 0 N–H and O–H groups in total. The van der Waals surface area contributed by atoms with E-state index in [2.05, 4.69) is 28.0 Å². The summed E-state index contributed by atoms with van der Waals surface area (Å²) < 4.78 is 10.0. The molecule has 0 saturated carbocycles. The van der Waals surface area contributed by atoms with Crippen molar-refractivity contribution in [2.75, 3.05) is 0 Å². The lowest BCUT2D eigenvalue weighted by molar-refractivity contribution is -0.133. The predicted molar refractivity (Wildman–Crippen MR) is 122 cm³/mol. The Balaban J connectivity index is 1.71. The quantitative estimate of drug-likeness (QED) is 0.303. The maximum atomic E-state index is 12.2. The highest BCUT2D eigenvalue weighted by molar-refractivity contribution is 6.00. The SMILES string of the molecule is CCC(=O)Oc1cn(CCC2=CCCCC2)c2nc(CC)n3c4ccccc4nc3c12. The first-order valence-electron chi connectivity index (χ1n) is 11.4. The number of carbonyl (C=O) groups is 1. The third-order valence-corrected chi connectivity index (χ3v) is 6.18. The highest BCUT2D eigenvalue weighted by atomic mass is 16.5. The lowest BCUT2D eigenvalue weighted by Crippen LogP contribution is -2.06. The molecule has 1 aliphatic rings. The number of benzene rings is 1. The molecule has 0 atom stereocenters. The molecule has 0 amide bonds. The van der Waals surface area contributed by atoms with Crippen LogP contribution < -0.4 is 4.74 Å². The molecule has 6 heteroatoms.